The van der Waals surface area contributed by atoms with Gasteiger partial charge in [0.05, 0.1) is 23.4 Å². The highest BCUT2D eigenvalue weighted by molar-refractivity contribution is 7.80. The summed E-state index contributed by atoms with van der Waals surface area (Å²) in [4.78, 5) is 0.425. The van der Waals surface area contributed by atoms with Crippen LogP contribution in [0.4, 0.5) is 0 Å². The minimum absolute atomic E-state index is 0.425. The predicted octanol–water partition coefficient (Wildman–Crippen LogP) is -0.127. The zero-order valence-electron chi connectivity index (χ0n) is 5.61. The average molecular weight is 156 g/mol. The fraction of sp³-hybridized carbons (Fsp3) is 0.400. The summed E-state index contributed by atoms with van der Waals surface area (Å²) in [7, 11) is 0. The summed E-state index contributed by atoms with van der Waals surface area (Å²) >= 11 is 4.69. The van der Waals surface area contributed by atoms with Gasteiger partial charge in [0.1, 0.15) is 0 Å². The Morgan fingerprint density at radius 1 is 1.90 bits per heavy atom. The van der Waals surface area contributed by atoms with Gasteiger partial charge in [0, 0.05) is 0 Å². The molecule has 4 nitrogen and oxygen atoms in total. The molecule has 0 atom stereocenters. The number of aryl methyl sites for hydroxylation is 1. The molecular formula is C5H8N4S. The monoisotopic (exact) mass is 156 g/mol. The highest BCUT2D eigenvalue weighted by Gasteiger charge is 1.97. The van der Waals surface area contributed by atoms with Crippen LogP contribution < -0.4 is 5.73 Å². The lowest BCUT2D eigenvalue weighted by Crippen LogP contribution is -2.18. The SMILES string of the molecule is Cc1cnnn1CC(N)=S. The van der Waals surface area contributed by atoms with Gasteiger partial charge in [-0.3, -0.25) is 0 Å². The Balaban J connectivity index is 2.74. The number of nitrogens with two attached hydrogens (primary N) is 1. The van der Waals surface area contributed by atoms with E-state index >= 15 is 0 Å². The Morgan fingerprint density at radius 3 is 3.00 bits per heavy atom. The minimum atomic E-state index is 0.425. The summed E-state index contributed by atoms with van der Waals surface area (Å²) < 4.78 is 1.66. The van der Waals surface area contributed by atoms with Crippen LogP contribution >= 0.6 is 12.2 Å². The van der Waals surface area contributed by atoms with Crippen molar-refractivity contribution in [1.82, 2.24) is 15.0 Å². The molecule has 1 aromatic rings. The van der Waals surface area contributed by atoms with E-state index in [1.807, 2.05) is 6.92 Å². The normalized spacial score (nSPS) is 9.70. The standard InChI is InChI=1S/C5H8N4S/c1-4-2-7-8-9(4)3-5(6)10/h2H,3H2,1H3,(H2,6,10). The number of aromatic nitrogens is 3. The fourth-order valence-corrected chi connectivity index (χ4v) is 0.735. The Morgan fingerprint density at radius 2 is 2.60 bits per heavy atom. The van der Waals surface area contributed by atoms with Crippen molar-refractivity contribution < 1.29 is 0 Å². The Labute approximate surface area is 64.0 Å². The molecule has 0 bridgehead atoms. The molecule has 0 aromatic carbocycles. The molecule has 0 saturated carbocycles. The van der Waals surface area contributed by atoms with Crippen LogP contribution in [0.15, 0.2) is 6.20 Å². The maximum atomic E-state index is 5.30. The van der Waals surface area contributed by atoms with Gasteiger partial charge in [-0.2, -0.15) is 0 Å². The minimum Gasteiger partial charge on any atom is -0.392 e. The quantitative estimate of drug-likeness (QED) is 0.606. The van der Waals surface area contributed by atoms with Crippen molar-refractivity contribution in [2.24, 2.45) is 5.73 Å². The molecule has 0 spiro atoms. The molecule has 54 valence electrons. The van der Waals surface area contributed by atoms with Crippen molar-refractivity contribution in [1.29, 1.82) is 0 Å². The second-order valence-corrected chi connectivity index (χ2v) is 2.52. The summed E-state index contributed by atoms with van der Waals surface area (Å²) in [5.41, 5.74) is 6.26. The van der Waals surface area contributed by atoms with Gasteiger partial charge in [0.25, 0.3) is 0 Å². The van der Waals surface area contributed by atoms with Crippen LogP contribution in [0.2, 0.25) is 0 Å². The molecule has 1 aromatic heterocycles. The Bertz CT molecular complexity index is 242. The van der Waals surface area contributed by atoms with E-state index < -0.39 is 0 Å². The zero-order valence-corrected chi connectivity index (χ0v) is 6.43. The molecule has 0 aliphatic heterocycles. The summed E-state index contributed by atoms with van der Waals surface area (Å²) in [6, 6.07) is 0. The highest BCUT2D eigenvalue weighted by atomic mass is 32.1. The van der Waals surface area contributed by atoms with Crippen LogP contribution in [0.25, 0.3) is 0 Å². The van der Waals surface area contributed by atoms with Crippen molar-refractivity contribution in [3.8, 4) is 0 Å². The van der Waals surface area contributed by atoms with E-state index in [-0.39, 0.29) is 0 Å². The lowest BCUT2D eigenvalue weighted by atomic mass is 10.5. The van der Waals surface area contributed by atoms with Gasteiger partial charge in [0.2, 0.25) is 0 Å². The maximum Gasteiger partial charge on any atom is 0.0946 e. The molecule has 5 heteroatoms. The third kappa shape index (κ3) is 1.51. The number of rotatable bonds is 2. The van der Waals surface area contributed by atoms with E-state index in [0.717, 1.165) is 5.69 Å². The van der Waals surface area contributed by atoms with Gasteiger partial charge in [0.15, 0.2) is 0 Å². The van der Waals surface area contributed by atoms with Crippen molar-refractivity contribution in [3.63, 3.8) is 0 Å². The first-order chi connectivity index (χ1) is 4.70. The van der Waals surface area contributed by atoms with Gasteiger partial charge in [-0.1, -0.05) is 17.4 Å². The third-order valence-corrected chi connectivity index (χ3v) is 1.25. The molecule has 0 radical (unpaired) electrons. The third-order valence-electron chi connectivity index (χ3n) is 1.12. The second-order valence-electron chi connectivity index (χ2n) is 2.00. The number of hydrogen-bond acceptors (Lipinski definition) is 3. The van der Waals surface area contributed by atoms with Crippen molar-refractivity contribution in [2.45, 2.75) is 13.5 Å². The van der Waals surface area contributed by atoms with Crippen LogP contribution in [-0.4, -0.2) is 20.0 Å². The topological polar surface area (TPSA) is 56.7 Å². The van der Waals surface area contributed by atoms with E-state index in [4.69, 9.17) is 18.0 Å². The van der Waals surface area contributed by atoms with Crippen LogP contribution in [0.3, 0.4) is 0 Å². The smallest absolute Gasteiger partial charge is 0.0946 e. The average Bonchev–Trinajstić information content (AvgIpc) is 2.15. The van der Waals surface area contributed by atoms with E-state index in [1.165, 1.54) is 0 Å². The maximum absolute atomic E-state index is 5.30. The molecule has 0 amide bonds. The van der Waals surface area contributed by atoms with E-state index in [0.29, 0.717) is 11.5 Å². The Kier molecular flexibility index (Phi) is 1.96. The molecule has 1 rings (SSSR count). The molecule has 0 unspecified atom stereocenters. The second kappa shape index (κ2) is 2.74. The van der Waals surface area contributed by atoms with Gasteiger partial charge in [-0.25, -0.2) is 4.68 Å². The Hall–Kier alpha value is -0.970. The van der Waals surface area contributed by atoms with Gasteiger partial charge in [-0.15, -0.1) is 5.10 Å². The predicted molar refractivity (Wildman–Crippen MR) is 41.5 cm³/mol. The number of hydrogen-bond donors (Lipinski definition) is 1. The first-order valence-electron chi connectivity index (χ1n) is 2.83. The van der Waals surface area contributed by atoms with Crippen molar-refractivity contribution in [2.75, 3.05) is 0 Å². The number of thiocarbonyl (C=S) groups is 1. The first-order valence-corrected chi connectivity index (χ1v) is 3.24. The molecule has 0 aliphatic rings. The molecule has 2 N–H and O–H groups in total. The molecule has 1 heterocycles. The van der Waals surface area contributed by atoms with Crippen LogP contribution in [0.5, 0.6) is 0 Å². The van der Waals surface area contributed by atoms with E-state index in [2.05, 4.69) is 10.3 Å². The number of nitrogens with zero attached hydrogens (tertiary/aromatic N) is 3. The van der Waals surface area contributed by atoms with Gasteiger partial charge in [-0.05, 0) is 6.92 Å². The summed E-state index contributed by atoms with van der Waals surface area (Å²) in [5, 5.41) is 7.43. The summed E-state index contributed by atoms with van der Waals surface area (Å²) in [6.45, 7) is 2.37. The molecule has 0 saturated heterocycles. The van der Waals surface area contributed by atoms with E-state index in [9.17, 15) is 0 Å². The first kappa shape index (κ1) is 7.14. The molecule has 0 aliphatic carbocycles. The van der Waals surface area contributed by atoms with Crippen LogP contribution in [-0.2, 0) is 6.54 Å². The summed E-state index contributed by atoms with van der Waals surface area (Å²) in [6.07, 6.45) is 1.66. The van der Waals surface area contributed by atoms with Crippen LogP contribution in [0, 0.1) is 6.92 Å². The molecule has 10 heavy (non-hydrogen) atoms. The highest BCUT2D eigenvalue weighted by Crippen LogP contribution is 1.91. The van der Waals surface area contributed by atoms with Crippen molar-refractivity contribution in [3.05, 3.63) is 11.9 Å². The van der Waals surface area contributed by atoms with Crippen LogP contribution in [0.1, 0.15) is 5.69 Å². The van der Waals surface area contributed by atoms with Gasteiger partial charge >= 0.3 is 0 Å². The fourth-order valence-electron chi connectivity index (χ4n) is 0.613. The molecule has 0 fully saturated rings. The van der Waals surface area contributed by atoms with Gasteiger partial charge < -0.3 is 5.73 Å². The summed E-state index contributed by atoms with van der Waals surface area (Å²) in [5.74, 6) is 0. The molecular weight excluding hydrogens is 148 g/mol. The zero-order chi connectivity index (χ0) is 7.56. The lowest BCUT2D eigenvalue weighted by Gasteiger charge is -1.98. The van der Waals surface area contributed by atoms with E-state index in [1.54, 1.807) is 10.9 Å². The largest absolute Gasteiger partial charge is 0.392 e. The van der Waals surface area contributed by atoms with Crippen molar-refractivity contribution >= 4 is 17.2 Å². The lowest BCUT2D eigenvalue weighted by molar-refractivity contribution is 0.664.